The normalized spacial score (nSPS) is 28.8. The van der Waals surface area contributed by atoms with Gasteiger partial charge in [0.1, 0.15) is 17.2 Å². The molecular weight excluding hydrogens is 419 g/mol. The van der Waals surface area contributed by atoms with Crippen LogP contribution in [0.3, 0.4) is 0 Å². The van der Waals surface area contributed by atoms with Crippen molar-refractivity contribution in [1.82, 2.24) is 10.2 Å². The maximum absolute atomic E-state index is 14.1. The van der Waals surface area contributed by atoms with E-state index in [0.29, 0.717) is 12.1 Å². The van der Waals surface area contributed by atoms with Gasteiger partial charge in [-0.2, -0.15) is 0 Å². The number of likely N-dealkylation sites (tertiary alicyclic amines) is 1. The molecule has 2 heterocycles. The summed E-state index contributed by atoms with van der Waals surface area (Å²) in [6, 6.07) is 6.20. The third-order valence-corrected chi connectivity index (χ3v) is 8.26. The molecule has 0 aromatic heterocycles. The van der Waals surface area contributed by atoms with Crippen molar-refractivity contribution < 1.29 is 9.18 Å². The van der Waals surface area contributed by atoms with E-state index in [0.717, 1.165) is 37.8 Å². The predicted octanol–water partition coefficient (Wildman–Crippen LogP) is 4.80. The van der Waals surface area contributed by atoms with Gasteiger partial charge in [0.15, 0.2) is 0 Å². The largest absolute Gasteiger partial charge is 0.328 e. The molecule has 1 aromatic rings. The summed E-state index contributed by atoms with van der Waals surface area (Å²) in [4.78, 5) is 22.5. The molecule has 1 saturated carbocycles. The highest BCUT2D eigenvalue weighted by molar-refractivity contribution is 6.76. The summed E-state index contributed by atoms with van der Waals surface area (Å²) in [6.07, 6.45) is 14.1. The fourth-order valence-corrected chi connectivity index (χ4v) is 7.11. The van der Waals surface area contributed by atoms with Gasteiger partial charge in [0, 0.05) is 18.7 Å². The molecule has 2 atom stereocenters. The van der Waals surface area contributed by atoms with E-state index in [1.54, 1.807) is 17.0 Å². The van der Waals surface area contributed by atoms with Gasteiger partial charge < -0.3 is 0 Å². The molecule has 0 radical (unpaired) electrons. The summed E-state index contributed by atoms with van der Waals surface area (Å²) in [6.45, 7) is 7.84. The first-order valence-electron chi connectivity index (χ1n) is 11.9. The Hall–Kier alpha value is -2.17. The quantitative estimate of drug-likeness (QED) is 0.525. The van der Waals surface area contributed by atoms with Gasteiger partial charge in [0.2, 0.25) is 0 Å². The topological polar surface area (TPSA) is 47.9 Å². The van der Waals surface area contributed by atoms with Crippen LogP contribution in [-0.4, -0.2) is 55.2 Å². The molecule has 0 bridgehead atoms. The van der Waals surface area contributed by atoms with Gasteiger partial charge in [-0.3, -0.25) is 20.1 Å². The number of aliphatic imine (C=N–C) groups is 1. The summed E-state index contributed by atoms with van der Waals surface area (Å²) >= 11 is 0. The van der Waals surface area contributed by atoms with E-state index in [-0.39, 0.29) is 23.9 Å². The van der Waals surface area contributed by atoms with Gasteiger partial charge in [-0.15, -0.1) is 6.42 Å². The van der Waals surface area contributed by atoms with Crippen LogP contribution in [0.2, 0.25) is 19.6 Å². The lowest BCUT2D eigenvalue weighted by Gasteiger charge is -2.47. The molecular formula is C25H35FN4OSi. The molecule has 2 saturated heterocycles. The summed E-state index contributed by atoms with van der Waals surface area (Å²) in [5, 5.41) is 3.07. The Kier molecular flexibility index (Phi) is 6.46. The van der Waals surface area contributed by atoms with E-state index < -0.39 is 13.6 Å². The Bertz CT molecular complexity index is 931. The van der Waals surface area contributed by atoms with E-state index in [4.69, 9.17) is 11.4 Å². The Labute approximate surface area is 192 Å². The minimum absolute atomic E-state index is 0.0872. The van der Waals surface area contributed by atoms with Crippen LogP contribution < -0.4 is 10.2 Å². The highest BCUT2D eigenvalue weighted by atomic mass is 28.3. The van der Waals surface area contributed by atoms with E-state index >= 15 is 0 Å². The van der Waals surface area contributed by atoms with Crippen molar-refractivity contribution in [2.24, 2.45) is 4.99 Å². The SMILES string of the molecule is C#C[C@H]1C[C@]2(CCN1C[Si](C)(C)C)C(=NC1CCCCC1)NC(=O)N2c1cccc(F)c1. The fourth-order valence-electron chi connectivity index (χ4n) is 5.51. The number of carbonyl (C=O) groups is 1. The number of hydrogen-bond donors (Lipinski definition) is 1. The third-order valence-electron chi connectivity index (χ3n) is 6.90. The number of hydrogen-bond acceptors (Lipinski definition) is 3. The first kappa shape index (κ1) is 23.0. The van der Waals surface area contributed by atoms with Crippen molar-refractivity contribution in [3.8, 4) is 12.3 Å². The number of rotatable bonds is 4. The molecule has 5 nitrogen and oxygen atoms in total. The second-order valence-electron chi connectivity index (χ2n) is 10.7. The maximum atomic E-state index is 14.1. The standard InChI is InChI=1S/C25H35FN4OSi/c1-5-21-17-25(14-15-29(21)18-32(2,3)4)23(27-20-11-7-6-8-12-20)28-24(31)30(25)22-13-9-10-19(26)16-22/h1,9-10,13,16,20-21H,6-8,11-12,14-15,17-18H2,2-4H3,(H,27,28,31)/t21-,25+/m0/s1. The Morgan fingerprint density at radius 2 is 2.03 bits per heavy atom. The lowest BCUT2D eigenvalue weighted by Crippen LogP contribution is -2.61. The molecule has 3 aliphatic rings. The molecule has 4 rings (SSSR count). The van der Waals surface area contributed by atoms with Gasteiger partial charge in [-0.05, 0) is 43.6 Å². The number of amides is 2. The number of piperidine rings is 1. The molecule has 172 valence electrons. The molecule has 1 aliphatic carbocycles. The van der Waals surface area contributed by atoms with Crippen LogP contribution in [0.4, 0.5) is 14.9 Å². The average Bonchev–Trinajstić information content (AvgIpc) is 2.99. The number of halogens is 1. The molecule has 2 aliphatic heterocycles. The van der Waals surface area contributed by atoms with Crippen molar-refractivity contribution in [3.05, 3.63) is 30.1 Å². The Balaban J connectivity index is 1.74. The van der Waals surface area contributed by atoms with Gasteiger partial charge in [-0.25, -0.2) is 9.18 Å². The smallest absolute Gasteiger partial charge is 0.294 e. The average molecular weight is 455 g/mol. The van der Waals surface area contributed by atoms with Crippen molar-refractivity contribution in [3.63, 3.8) is 0 Å². The highest BCUT2D eigenvalue weighted by Gasteiger charge is 2.55. The van der Waals surface area contributed by atoms with E-state index in [1.165, 1.54) is 31.4 Å². The number of benzene rings is 1. The van der Waals surface area contributed by atoms with Crippen LogP contribution in [0.15, 0.2) is 29.3 Å². The zero-order chi connectivity index (χ0) is 22.9. The summed E-state index contributed by atoms with van der Waals surface area (Å²) in [7, 11) is -1.35. The van der Waals surface area contributed by atoms with Gasteiger partial charge in [0.05, 0.1) is 20.2 Å². The molecule has 2 amide bonds. The first-order chi connectivity index (χ1) is 15.2. The maximum Gasteiger partial charge on any atom is 0.328 e. The predicted molar refractivity (Wildman–Crippen MR) is 131 cm³/mol. The minimum atomic E-state index is -1.35. The second kappa shape index (κ2) is 8.99. The van der Waals surface area contributed by atoms with Crippen LogP contribution >= 0.6 is 0 Å². The van der Waals surface area contributed by atoms with Crippen molar-refractivity contribution in [2.75, 3.05) is 17.6 Å². The Morgan fingerprint density at radius 3 is 2.69 bits per heavy atom. The van der Waals surface area contributed by atoms with Gasteiger partial charge in [-0.1, -0.05) is 50.9 Å². The molecule has 7 heteroatoms. The molecule has 1 N–H and O–H groups in total. The number of terminal acetylenes is 1. The van der Waals surface area contributed by atoms with E-state index in [9.17, 15) is 9.18 Å². The zero-order valence-corrected chi connectivity index (χ0v) is 20.5. The second-order valence-corrected chi connectivity index (χ2v) is 16.2. The molecule has 32 heavy (non-hydrogen) atoms. The van der Waals surface area contributed by atoms with Gasteiger partial charge in [0.25, 0.3) is 0 Å². The minimum Gasteiger partial charge on any atom is -0.294 e. The number of anilines is 1. The molecule has 3 fully saturated rings. The lowest BCUT2D eigenvalue weighted by atomic mass is 9.81. The molecule has 1 spiro atoms. The van der Waals surface area contributed by atoms with Crippen molar-refractivity contribution >= 4 is 25.6 Å². The molecule has 1 aromatic carbocycles. The summed E-state index contributed by atoms with van der Waals surface area (Å²) < 4.78 is 14.1. The number of amidine groups is 1. The lowest BCUT2D eigenvalue weighted by molar-refractivity contribution is 0.174. The van der Waals surface area contributed by atoms with Crippen molar-refractivity contribution in [2.45, 2.75) is 82.2 Å². The fraction of sp³-hybridized carbons (Fsp3) is 0.600. The van der Waals surface area contributed by atoms with Crippen LogP contribution in [0, 0.1) is 18.2 Å². The van der Waals surface area contributed by atoms with E-state index in [1.807, 2.05) is 0 Å². The number of carbonyl (C=O) groups excluding carboxylic acids is 1. The summed E-state index contributed by atoms with van der Waals surface area (Å²) in [5.41, 5.74) is -0.0965. The van der Waals surface area contributed by atoms with Crippen LogP contribution in [0.25, 0.3) is 0 Å². The van der Waals surface area contributed by atoms with E-state index in [2.05, 4.69) is 35.8 Å². The van der Waals surface area contributed by atoms with Gasteiger partial charge >= 0.3 is 6.03 Å². The number of urea groups is 1. The van der Waals surface area contributed by atoms with Crippen LogP contribution in [0.1, 0.15) is 44.9 Å². The highest BCUT2D eigenvalue weighted by Crippen LogP contribution is 2.41. The number of nitrogens with one attached hydrogen (secondary N) is 1. The Morgan fingerprint density at radius 1 is 1.28 bits per heavy atom. The third kappa shape index (κ3) is 4.62. The van der Waals surface area contributed by atoms with Crippen molar-refractivity contribution in [1.29, 1.82) is 0 Å². The molecule has 0 unspecified atom stereocenters. The van der Waals surface area contributed by atoms with Crippen LogP contribution in [0.5, 0.6) is 0 Å². The number of nitrogens with zero attached hydrogens (tertiary/aromatic N) is 3. The monoisotopic (exact) mass is 454 g/mol. The first-order valence-corrected chi connectivity index (χ1v) is 15.6. The zero-order valence-electron chi connectivity index (χ0n) is 19.5. The summed E-state index contributed by atoms with van der Waals surface area (Å²) in [5.74, 6) is 3.38. The van der Waals surface area contributed by atoms with Crippen LogP contribution in [-0.2, 0) is 0 Å².